The van der Waals surface area contributed by atoms with Gasteiger partial charge in [0.2, 0.25) is 0 Å². The van der Waals surface area contributed by atoms with Crippen molar-refractivity contribution in [2.75, 3.05) is 11.9 Å². The van der Waals surface area contributed by atoms with Crippen molar-refractivity contribution in [2.45, 2.75) is 37.3 Å². The molecule has 3 aromatic rings. The quantitative estimate of drug-likeness (QED) is 0.547. The van der Waals surface area contributed by atoms with E-state index in [0.29, 0.717) is 24.2 Å². The molecule has 1 aliphatic rings. The predicted octanol–water partition coefficient (Wildman–Crippen LogP) is 3.73. The van der Waals surface area contributed by atoms with Crippen molar-refractivity contribution in [2.24, 2.45) is 12.8 Å². The molecule has 3 N–H and O–H groups in total. The van der Waals surface area contributed by atoms with Gasteiger partial charge in [-0.05, 0) is 25.0 Å². The first-order valence-corrected chi connectivity index (χ1v) is 10.9. The maximum Gasteiger partial charge on any atom is 0.433 e. The molecule has 0 aromatic carbocycles. The predicted molar refractivity (Wildman–Crippen MR) is 112 cm³/mol. The Morgan fingerprint density at radius 1 is 1.30 bits per heavy atom. The Morgan fingerprint density at radius 2 is 2.09 bits per heavy atom. The number of aromatic nitrogens is 4. The molecule has 176 valence electrons. The Hall–Kier alpha value is -2.90. The molecule has 0 saturated carbocycles. The second kappa shape index (κ2) is 9.15. The van der Waals surface area contributed by atoms with Crippen LogP contribution in [0, 0.1) is 0 Å². The Kier molecular flexibility index (Phi) is 6.45. The number of carbonyl (C=O) groups excluding carboxylic acids is 1. The van der Waals surface area contributed by atoms with Gasteiger partial charge in [0.25, 0.3) is 5.91 Å². The molecule has 1 aliphatic heterocycles. The van der Waals surface area contributed by atoms with E-state index in [1.165, 1.54) is 28.4 Å². The van der Waals surface area contributed by atoms with Crippen molar-refractivity contribution in [1.82, 2.24) is 19.7 Å². The van der Waals surface area contributed by atoms with Gasteiger partial charge >= 0.3 is 6.18 Å². The number of nitrogens with two attached hydrogens (primary N) is 1. The maximum absolute atomic E-state index is 13.9. The zero-order valence-electron chi connectivity index (χ0n) is 17.3. The second-order valence-electron chi connectivity index (χ2n) is 7.54. The summed E-state index contributed by atoms with van der Waals surface area (Å²) < 4.78 is 59.9. The summed E-state index contributed by atoms with van der Waals surface area (Å²) in [6, 6.07) is 2.86. The Labute approximate surface area is 189 Å². The normalized spacial score (nSPS) is 21.6. The van der Waals surface area contributed by atoms with E-state index in [9.17, 15) is 22.4 Å². The van der Waals surface area contributed by atoms with Crippen LogP contribution in [0.1, 0.15) is 40.8 Å². The Bertz CT molecular complexity index is 1140. The van der Waals surface area contributed by atoms with Crippen molar-refractivity contribution >= 4 is 22.9 Å². The molecule has 1 amide bonds. The number of aryl methyl sites for hydroxylation is 1. The number of pyridine rings is 1. The number of amides is 1. The lowest BCUT2D eigenvalue weighted by atomic mass is 10.0. The second-order valence-corrected chi connectivity index (χ2v) is 8.40. The third kappa shape index (κ3) is 5.04. The number of halogens is 4. The Balaban J connectivity index is 1.52. The standard InChI is InChI=1S/C20H20F4N6O2S/c1-30-17(15-6-5-11(25)10(21)8-32-15)13(7-26-30)28-18(31)14-9-33-19(29-14)12-3-2-4-16(27-12)20(22,23)24/h2-4,7,9-11,15H,5-6,8,25H2,1H3,(H,28,31)/t10-,11-,15+/m1/s1. The number of hydrogen-bond donors (Lipinski definition) is 2. The topological polar surface area (TPSA) is 108 Å². The van der Waals surface area contributed by atoms with Gasteiger partial charge in [0.05, 0.1) is 29.9 Å². The van der Waals surface area contributed by atoms with Crippen LogP contribution in [-0.2, 0) is 18.0 Å². The first kappa shape index (κ1) is 23.3. The molecule has 4 rings (SSSR count). The summed E-state index contributed by atoms with van der Waals surface area (Å²) in [5.74, 6) is -0.576. The van der Waals surface area contributed by atoms with Crippen LogP contribution >= 0.6 is 11.3 Å². The van der Waals surface area contributed by atoms with Crippen LogP contribution in [-0.4, -0.2) is 44.5 Å². The molecular weight excluding hydrogens is 464 g/mol. The van der Waals surface area contributed by atoms with E-state index in [2.05, 4.69) is 20.4 Å². The van der Waals surface area contributed by atoms with Gasteiger partial charge in [-0.1, -0.05) is 6.07 Å². The van der Waals surface area contributed by atoms with Crippen LogP contribution in [0.3, 0.4) is 0 Å². The fourth-order valence-electron chi connectivity index (χ4n) is 3.47. The van der Waals surface area contributed by atoms with Crippen LogP contribution in [0.4, 0.5) is 23.2 Å². The fourth-order valence-corrected chi connectivity index (χ4v) is 4.24. The molecule has 1 saturated heterocycles. The van der Waals surface area contributed by atoms with Gasteiger partial charge in [0, 0.05) is 18.5 Å². The van der Waals surface area contributed by atoms with E-state index >= 15 is 0 Å². The Morgan fingerprint density at radius 3 is 2.85 bits per heavy atom. The lowest BCUT2D eigenvalue weighted by Gasteiger charge is -2.17. The number of thiazole rings is 1. The van der Waals surface area contributed by atoms with Crippen LogP contribution in [0.15, 0.2) is 29.8 Å². The molecule has 3 aromatic heterocycles. The lowest BCUT2D eigenvalue weighted by molar-refractivity contribution is -0.141. The van der Waals surface area contributed by atoms with Crippen molar-refractivity contribution < 1.29 is 27.1 Å². The zero-order chi connectivity index (χ0) is 23.8. The van der Waals surface area contributed by atoms with Crippen LogP contribution in [0.5, 0.6) is 0 Å². The largest absolute Gasteiger partial charge is 0.433 e. The summed E-state index contributed by atoms with van der Waals surface area (Å²) >= 11 is 0.999. The van der Waals surface area contributed by atoms with Gasteiger partial charge < -0.3 is 15.8 Å². The first-order valence-electron chi connectivity index (χ1n) is 9.98. The molecule has 0 unspecified atom stereocenters. The molecule has 33 heavy (non-hydrogen) atoms. The number of rotatable bonds is 4. The first-order chi connectivity index (χ1) is 15.6. The molecule has 3 atom stereocenters. The highest BCUT2D eigenvalue weighted by Gasteiger charge is 2.33. The smallest absolute Gasteiger partial charge is 0.369 e. The summed E-state index contributed by atoms with van der Waals surface area (Å²) in [4.78, 5) is 20.5. The summed E-state index contributed by atoms with van der Waals surface area (Å²) in [7, 11) is 1.67. The minimum absolute atomic E-state index is 0.0108. The van der Waals surface area contributed by atoms with Gasteiger partial charge in [-0.25, -0.2) is 14.4 Å². The van der Waals surface area contributed by atoms with Crippen LogP contribution < -0.4 is 11.1 Å². The summed E-state index contributed by atoms with van der Waals surface area (Å²) in [5.41, 5.74) is 5.69. The van der Waals surface area contributed by atoms with Gasteiger partial charge in [0.15, 0.2) is 0 Å². The van der Waals surface area contributed by atoms with Gasteiger partial charge in [-0.2, -0.15) is 18.3 Å². The SMILES string of the molecule is Cn1ncc(NC(=O)c2csc(-c3cccc(C(F)(F)F)n3)n2)c1[C@@H]1CC[C@@H](N)[C@H](F)CO1. The van der Waals surface area contributed by atoms with Crippen LogP contribution in [0.2, 0.25) is 0 Å². The molecule has 13 heteroatoms. The van der Waals surface area contributed by atoms with Crippen molar-refractivity contribution in [3.05, 3.63) is 46.9 Å². The van der Waals surface area contributed by atoms with E-state index in [1.54, 1.807) is 7.05 Å². The van der Waals surface area contributed by atoms with Gasteiger partial charge in [-0.15, -0.1) is 11.3 Å². The third-order valence-electron chi connectivity index (χ3n) is 5.22. The highest BCUT2D eigenvalue weighted by Crippen LogP contribution is 2.33. The number of hydrogen-bond acceptors (Lipinski definition) is 7. The van der Waals surface area contributed by atoms with Gasteiger partial charge in [-0.3, -0.25) is 9.48 Å². The van der Waals surface area contributed by atoms with E-state index in [4.69, 9.17) is 10.5 Å². The summed E-state index contributed by atoms with van der Waals surface area (Å²) in [6.07, 6.45) is -4.08. The number of ether oxygens (including phenoxy) is 1. The maximum atomic E-state index is 13.9. The average molecular weight is 484 g/mol. The van der Waals surface area contributed by atoms with E-state index < -0.39 is 36.1 Å². The molecule has 0 aliphatic carbocycles. The minimum atomic E-state index is -4.59. The molecule has 4 heterocycles. The van der Waals surface area contributed by atoms with Crippen LogP contribution in [0.25, 0.3) is 10.7 Å². The van der Waals surface area contributed by atoms with E-state index in [0.717, 1.165) is 17.4 Å². The number of anilines is 1. The number of nitrogens with one attached hydrogen (secondary N) is 1. The van der Waals surface area contributed by atoms with Crippen molar-refractivity contribution in [3.8, 4) is 10.7 Å². The molecule has 0 spiro atoms. The fraction of sp³-hybridized carbons (Fsp3) is 0.400. The molecular formula is C20H20F4N6O2S. The number of carbonyl (C=O) groups is 1. The van der Waals surface area contributed by atoms with Crippen molar-refractivity contribution in [1.29, 1.82) is 0 Å². The van der Waals surface area contributed by atoms with Crippen molar-refractivity contribution in [3.63, 3.8) is 0 Å². The summed E-state index contributed by atoms with van der Waals surface area (Å²) in [5, 5.41) is 8.46. The van der Waals surface area contributed by atoms with E-state index in [-0.39, 0.29) is 23.0 Å². The van der Waals surface area contributed by atoms with Gasteiger partial charge in [0.1, 0.15) is 28.7 Å². The number of nitrogens with zero attached hydrogens (tertiary/aromatic N) is 4. The average Bonchev–Trinajstić information content (AvgIpc) is 3.37. The molecule has 8 nitrogen and oxygen atoms in total. The third-order valence-corrected chi connectivity index (χ3v) is 6.08. The summed E-state index contributed by atoms with van der Waals surface area (Å²) in [6.45, 7) is -0.163. The lowest BCUT2D eigenvalue weighted by Crippen LogP contribution is -2.32. The highest BCUT2D eigenvalue weighted by molar-refractivity contribution is 7.13. The minimum Gasteiger partial charge on any atom is -0.369 e. The zero-order valence-corrected chi connectivity index (χ0v) is 18.2. The molecule has 1 fully saturated rings. The molecule has 0 radical (unpaired) electrons. The highest BCUT2D eigenvalue weighted by atomic mass is 32.1. The molecule has 0 bridgehead atoms. The van der Waals surface area contributed by atoms with E-state index in [1.807, 2.05) is 0 Å². The number of alkyl halides is 4. The monoisotopic (exact) mass is 484 g/mol.